The third-order valence-corrected chi connectivity index (χ3v) is 3.74. The molecule has 0 radical (unpaired) electrons. The minimum atomic E-state index is -0.0707. The fraction of sp³-hybridized carbons (Fsp3) is 0.400. The standard InChI is InChI=1S/C15H19N3O/c1-10-14(11-5-3-2-4-6-11)18-15(17-10)13(16)12-7-8-19-9-12/h2-6,12-13H,7-9,16H2,1H3,(H,17,18). The van der Waals surface area contributed by atoms with Crippen molar-refractivity contribution in [1.82, 2.24) is 9.97 Å². The van der Waals surface area contributed by atoms with Gasteiger partial charge >= 0.3 is 0 Å². The van der Waals surface area contributed by atoms with Crippen molar-refractivity contribution in [3.05, 3.63) is 41.9 Å². The number of aromatic nitrogens is 2. The molecule has 0 bridgehead atoms. The summed E-state index contributed by atoms with van der Waals surface area (Å²) in [6, 6.07) is 10.1. The lowest BCUT2D eigenvalue weighted by atomic mass is 9.99. The molecule has 2 atom stereocenters. The summed E-state index contributed by atoms with van der Waals surface area (Å²) in [7, 11) is 0. The Hall–Kier alpha value is -1.65. The van der Waals surface area contributed by atoms with Crippen LogP contribution in [0.5, 0.6) is 0 Å². The fourth-order valence-corrected chi connectivity index (χ4v) is 2.58. The van der Waals surface area contributed by atoms with Crippen molar-refractivity contribution in [2.75, 3.05) is 13.2 Å². The SMILES string of the molecule is Cc1[nH]c(C(N)C2CCOC2)nc1-c1ccccc1. The lowest BCUT2D eigenvalue weighted by molar-refractivity contribution is 0.180. The lowest BCUT2D eigenvalue weighted by Gasteiger charge is -2.14. The van der Waals surface area contributed by atoms with E-state index in [-0.39, 0.29) is 6.04 Å². The van der Waals surface area contributed by atoms with Crippen LogP contribution in [-0.2, 0) is 4.74 Å². The first-order valence-electron chi connectivity index (χ1n) is 6.71. The first kappa shape index (κ1) is 12.4. The fourth-order valence-electron chi connectivity index (χ4n) is 2.58. The topological polar surface area (TPSA) is 63.9 Å². The van der Waals surface area contributed by atoms with E-state index in [4.69, 9.17) is 10.5 Å². The average Bonchev–Trinajstić information content (AvgIpc) is 3.08. The maximum absolute atomic E-state index is 6.29. The Morgan fingerprint density at radius 3 is 2.84 bits per heavy atom. The molecule has 100 valence electrons. The number of nitrogens with two attached hydrogens (primary N) is 1. The van der Waals surface area contributed by atoms with Gasteiger partial charge in [-0.25, -0.2) is 4.98 Å². The van der Waals surface area contributed by atoms with E-state index < -0.39 is 0 Å². The van der Waals surface area contributed by atoms with Crippen LogP contribution in [0.1, 0.15) is 24.0 Å². The third-order valence-electron chi connectivity index (χ3n) is 3.74. The number of imidazole rings is 1. The minimum absolute atomic E-state index is 0.0707. The zero-order valence-corrected chi connectivity index (χ0v) is 11.1. The normalized spacial score (nSPS) is 20.6. The second kappa shape index (κ2) is 5.15. The molecule has 0 amide bonds. The Morgan fingerprint density at radius 2 is 2.16 bits per heavy atom. The molecule has 0 saturated carbocycles. The summed E-state index contributed by atoms with van der Waals surface area (Å²) in [6.07, 6.45) is 1.02. The first-order valence-corrected chi connectivity index (χ1v) is 6.71. The van der Waals surface area contributed by atoms with Crippen molar-refractivity contribution in [2.45, 2.75) is 19.4 Å². The molecule has 1 fully saturated rings. The highest BCUT2D eigenvalue weighted by atomic mass is 16.5. The molecule has 1 saturated heterocycles. The Balaban J connectivity index is 1.89. The maximum Gasteiger partial charge on any atom is 0.124 e. The van der Waals surface area contributed by atoms with Crippen LogP contribution in [-0.4, -0.2) is 23.2 Å². The van der Waals surface area contributed by atoms with Gasteiger partial charge in [-0.1, -0.05) is 30.3 Å². The van der Waals surface area contributed by atoms with Crippen LogP contribution in [0, 0.1) is 12.8 Å². The Bertz CT molecular complexity index is 544. The van der Waals surface area contributed by atoms with Crippen molar-refractivity contribution >= 4 is 0 Å². The highest BCUT2D eigenvalue weighted by Gasteiger charge is 2.26. The summed E-state index contributed by atoms with van der Waals surface area (Å²) in [5.41, 5.74) is 9.47. The Kier molecular flexibility index (Phi) is 3.36. The van der Waals surface area contributed by atoms with E-state index in [0.29, 0.717) is 5.92 Å². The highest BCUT2D eigenvalue weighted by molar-refractivity contribution is 5.61. The number of benzene rings is 1. The number of hydrogen-bond donors (Lipinski definition) is 2. The van der Waals surface area contributed by atoms with Gasteiger partial charge in [0.25, 0.3) is 0 Å². The lowest BCUT2D eigenvalue weighted by Crippen LogP contribution is -2.22. The second-order valence-electron chi connectivity index (χ2n) is 5.11. The summed E-state index contributed by atoms with van der Waals surface area (Å²) >= 11 is 0. The molecule has 1 aliphatic rings. The molecule has 4 heteroatoms. The van der Waals surface area contributed by atoms with Crippen LogP contribution < -0.4 is 5.73 Å². The van der Waals surface area contributed by atoms with Crippen LogP contribution in [0.3, 0.4) is 0 Å². The molecule has 3 N–H and O–H groups in total. The summed E-state index contributed by atoms with van der Waals surface area (Å²) in [5, 5.41) is 0. The van der Waals surface area contributed by atoms with Gasteiger partial charge in [-0.2, -0.15) is 0 Å². The predicted octanol–water partition coefficient (Wildman–Crippen LogP) is 2.42. The monoisotopic (exact) mass is 257 g/mol. The number of H-pyrrole nitrogens is 1. The van der Waals surface area contributed by atoms with Crippen LogP contribution in [0.4, 0.5) is 0 Å². The Morgan fingerprint density at radius 1 is 1.37 bits per heavy atom. The van der Waals surface area contributed by atoms with E-state index in [0.717, 1.165) is 42.4 Å². The largest absolute Gasteiger partial charge is 0.381 e. The molecule has 1 aromatic heterocycles. The summed E-state index contributed by atoms with van der Waals surface area (Å²) < 4.78 is 5.40. The molecule has 19 heavy (non-hydrogen) atoms. The van der Waals surface area contributed by atoms with E-state index in [9.17, 15) is 0 Å². The number of aryl methyl sites for hydroxylation is 1. The van der Waals surface area contributed by atoms with Crippen LogP contribution in [0.15, 0.2) is 30.3 Å². The zero-order chi connectivity index (χ0) is 13.2. The van der Waals surface area contributed by atoms with Gasteiger partial charge in [0.05, 0.1) is 18.3 Å². The van der Waals surface area contributed by atoms with E-state index in [1.165, 1.54) is 0 Å². The summed E-state index contributed by atoms with van der Waals surface area (Å²) in [4.78, 5) is 8.02. The molecule has 2 heterocycles. The predicted molar refractivity (Wildman–Crippen MR) is 74.6 cm³/mol. The molecule has 3 rings (SSSR count). The smallest absolute Gasteiger partial charge is 0.124 e. The molecule has 0 spiro atoms. The number of aromatic amines is 1. The van der Waals surface area contributed by atoms with Gasteiger partial charge in [-0.05, 0) is 13.3 Å². The van der Waals surface area contributed by atoms with E-state index in [1.54, 1.807) is 0 Å². The number of hydrogen-bond acceptors (Lipinski definition) is 3. The number of ether oxygens (including phenoxy) is 1. The van der Waals surface area contributed by atoms with Gasteiger partial charge in [0.15, 0.2) is 0 Å². The number of nitrogens with one attached hydrogen (secondary N) is 1. The van der Waals surface area contributed by atoms with Crippen molar-refractivity contribution in [1.29, 1.82) is 0 Å². The van der Waals surface area contributed by atoms with Crippen LogP contribution in [0.25, 0.3) is 11.3 Å². The molecule has 2 aromatic rings. The molecular formula is C15H19N3O. The molecule has 1 aromatic carbocycles. The Labute approximate surface area is 113 Å². The average molecular weight is 257 g/mol. The number of nitrogens with zero attached hydrogens (tertiary/aromatic N) is 1. The van der Waals surface area contributed by atoms with Crippen molar-refractivity contribution in [3.8, 4) is 11.3 Å². The molecule has 0 aliphatic carbocycles. The number of rotatable bonds is 3. The van der Waals surface area contributed by atoms with Crippen LogP contribution in [0.2, 0.25) is 0 Å². The van der Waals surface area contributed by atoms with Crippen molar-refractivity contribution in [2.24, 2.45) is 11.7 Å². The van der Waals surface area contributed by atoms with E-state index >= 15 is 0 Å². The van der Waals surface area contributed by atoms with Crippen molar-refractivity contribution < 1.29 is 4.74 Å². The van der Waals surface area contributed by atoms with Gasteiger partial charge in [-0.3, -0.25) is 0 Å². The molecule has 1 aliphatic heterocycles. The second-order valence-corrected chi connectivity index (χ2v) is 5.11. The summed E-state index contributed by atoms with van der Waals surface area (Å²) in [6.45, 7) is 3.59. The van der Waals surface area contributed by atoms with E-state index in [1.807, 2.05) is 25.1 Å². The van der Waals surface area contributed by atoms with Gasteiger partial charge in [0.1, 0.15) is 5.82 Å². The molecular weight excluding hydrogens is 238 g/mol. The highest BCUT2D eigenvalue weighted by Crippen LogP contribution is 2.28. The van der Waals surface area contributed by atoms with Gasteiger partial charge < -0.3 is 15.5 Å². The van der Waals surface area contributed by atoms with Gasteiger partial charge in [0.2, 0.25) is 0 Å². The third kappa shape index (κ3) is 2.41. The van der Waals surface area contributed by atoms with Gasteiger partial charge in [-0.15, -0.1) is 0 Å². The van der Waals surface area contributed by atoms with Gasteiger partial charge in [0, 0.05) is 23.8 Å². The zero-order valence-electron chi connectivity index (χ0n) is 11.1. The van der Waals surface area contributed by atoms with Crippen LogP contribution >= 0.6 is 0 Å². The quantitative estimate of drug-likeness (QED) is 0.887. The first-order chi connectivity index (χ1) is 9.25. The van der Waals surface area contributed by atoms with Crippen molar-refractivity contribution in [3.63, 3.8) is 0 Å². The molecule has 4 nitrogen and oxygen atoms in total. The molecule has 2 unspecified atom stereocenters. The minimum Gasteiger partial charge on any atom is -0.381 e. The summed E-state index contributed by atoms with van der Waals surface area (Å²) in [5.74, 6) is 1.24. The van der Waals surface area contributed by atoms with E-state index in [2.05, 4.69) is 22.1 Å². The maximum atomic E-state index is 6.29.